The number of carbonyl (C=O) groups excluding carboxylic acids is 2. The maximum Gasteiger partial charge on any atom is 0.330 e. The second-order valence-electron chi connectivity index (χ2n) is 7.84. The van der Waals surface area contributed by atoms with E-state index in [0.29, 0.717) is 6.54 Å². The van der Waals surface area contributed by atoms with Gasteiger partial charge in [0.05, 0.1) is 13.7 Å². The molecule has 0 aromatic heterocycles. The molecule has 158 valence electrons. The van der Waals surface area contributed by atoms with Crippen molar-refractivity contribution in [1.29, 1.82) is 0 Å². The van der Waals surface area contributed by atoms with Gasteiger partial charge in [0.1, 0.15) is 0 Å². The number of methoxy groups -OCH3 is 1. The van der Waals surface area contributed by atoms with Crippen LogP contribution in [0.4, 0.5) is 5.69 Å². The van der Waals surface area contributed by atoms with Crippen LogP contribution >= 0.6 is 15.9 Å². The zero-order chi connectivity index (χ0) is 21.5. The number of aryl methyl sites for hydroxylation is 1. The minimum Gasteiger partial charge on any atom is -0.466 e. The molecule has 0 atom stereocenters. The smallest absolute Gasteiger partial charge is 0.330 e. The SMILES string of the molecule is COC(=O)/C=C/c1cc(C)cc(N(Cc2ccc(Br)cc2)C(=O)C2CCCCC2)c1. The Morgan fingerprint density at radius 2 is 1.80 bits per heavy atom. The van der Waals surface area contributed by atoms with E-state index in [-0.39, 0.29) is 11.8 Å². The molecule has 1 saturated carbocycles. The fraction of sp³-hybridized carbons (Fsp3) is 0.360. The van der Waals surface area contributed by atoms with E-state index in [1.54, 1.807) is 6.08 Å². The van der Waals surface area contributed by atoms with Crippen LogP contribution in [0.1, 0.15) is 48.8 Å². The molecule has 0 saturated heterocycles. The molecule has 4 nitrogen and oxygen atoms in total. The molecule has 5 heteroatoms. The third-order valence-electron chi connectivity index (χ3n) is 5.48. The quantitative estimate of drug-likeness (QED) is 0.381. The Morgan fingerprint density at radius 1 is 1.10 bits per heavy atom. The molecule has 30 heavy (non-hydrogen) atoms. The van der Waals surface area contributed by atoms with Crippen molar-refractivity contribution in [3.8, 4) is 0 Å². The first kappa shape index (κ1) is 22.3. The van der Waals surface area contributed by atoms with E-state index in [9.17, 15) is 9.59 Å². The fourth-order valence-corrected chi connectivity index (χ4v) is 4.18. The average molecular weight is 470 g/mol. The Kier molecular flexibility index (Phi) is 7.86. The summed E-state index contributed by atoms with van der Waals surface area (Å²) in [6.45, 7) is 2.52. The lowest BCUT2D eigenvalue weighted by atomic mass is 9.88. The van der Waals surface area contributed by atoms with Gasteiger partial charge in [-0.3, -0.25) is 4.79 Å². The summed E-state index contributed by atoms with van der Waals surface area (Å²) in [6.07, 6.45) is 8.48. The van der Waals surface area contributed by atoms with E-state index in [0.717, 1.165) is 52.5 Å². The first-order valence-corrected chi connectivity index (χ1v) is 11.2. The van der Waals surface area contributed by atoms with Crippen LogP contribution in [0.25, 0.3) is 6.08 Å². The van der Waals surface area contributed by atoms with Gasteiger partial charge in [-0.1, -0.05) is 53.4 Å². The third-order valence-corrected chi connectivity index (χ3v) is 6.01. The normalized spacial score (nSPS) is 14.6. The van der Waals surface area contributed by atoms with E-state index in [1.165, 1.54) is 19.6 Å². The van der Waals surface area contributed by atoms with Gasteiger partial charge < -0.3 is 9.64 Å². The number of benzene rings is 2. The van der Waals surface area contributed by atoms with Gasteiger partial charge in [-0.2, -0.15) is 0 Å². The average Bonchev–Trinajstić information content (AvgIpc) is 2.76. The van der Waals surface area contributed by atoms with Crippen LogP contribution in [0.5, 0.6) is 0 Å². The third kappa shape index (κ3) is 6.05. The number of rotatable bonds is 6. The van der Waals surface area contributed by atoms with Crippen LogP contribution in [-0.4, -0.2) is 19.0 Å². The summed E-state index contributed by atoms with van der Waals surface area (Å²) in [5.41, 5.74) is 3.84. The van der Waals surface area contributed by atoms with E-state index in [2.05, 4.69) is 15.9 Å². The van der Waals surface area contributed by atoms with Gasteiger partial charge in [-0.25, -0.2) is 4.79 Å². The Bertz CT molecular complexity index is 914. The lowest BCUT2D eigenvalue weighted by molar-refractivity contribution is -0.134. The van der Waals surface area contributed by atoms with Crippen molar-refractivity contribution in [3.05, 3.63) is 69.7 Å². The molecule has 1 aliphatic rings. The Morgan fingerprint density at radius 3 is 2.47 bits per heavy atom. The predicted molar refractivity (Wildman–Crippen MR) is 124 cm³/mol. The van der Waals surface area contributed by atoms with E-state index in [4.69, 9.17) is 4.74 Å². The van der Waals surface area contributed by atoms with E-state index in [1.807, 2.05) is 54.3 Å². The molecule has 0 bridgehead atoms. The molecule has 0 unspecified atom stereocenters. The number of nitrogens with zero attached hydrogens (tertiary/aromatic N) is 1. The maximum atomic E-state index is 13.5. The summed E-state index contributed by atoms with van der Waals surface area (Å²) in [5, 5.41) is 0. The highest BCUT2D eigenvalue weighted by molar-refractivity contribution is 9.10. The molecular formula is C25H28BrNO3. The highest BCUT2D eigenvalue weighted by Crippen LogP contribution is 2.30. The van der Waals surface area contributed by atoms with Crippen LogP contribution < -0.4 is 4.90 Å². The van der Waals surface area contributed by atoms with Crippen molar-refractivity contribution in [2.75, 3.05) is 12.0 Å². The van der Waals surface area contributed by atoms with Crippen molar-refractivity contribution in [3.63, 3.8) is 0 Å². The van der Waals surface area contributed by atoms with Gasteiger partial charge in [0.25, 0.3) is 0 Å². The molecule has 3 rings (SSSR count). The van der Waals surface area contributed by atoms with Crippen LogP contribution in [0.3, 0.4) is 0 Å². The lowest BCUT2D eigenvalue weighted by Crippen LogP contribution is -2.36. The number of ether oxygens (including phenoxy) is 1. The van der Waals surface area contributed by atoms with Crippen molar-refractivity contribution < 1.29 is 14.3 Å². The van der Waals surface area contributed by atoms with Gasteiger partial charge in [-0.05, 0) is 66.8 Å². The van der Waals surface area contributed by atoms with Crippen LogP contribution in [0.15, 0.2) is 53.0 Å². The number of anilines is 1. The number of amides is 1. The van der Waals surface area contributed by atoms with Crippen LogP contribution in [0, 0.1) is 12.8 Å². The summed E-state index contributed by atoms with van der Waals surface area (Å²) >= 11 is 3.48. The van der Waals surface area contributed by atoms with Crippen molar-refractivity contribution in [1.82, 2.24) is 0 Å². The molecule has 1 amide bonds. The minimum absolute atomic E-state index is 0.0729. The first-order chi connectivity index (χ1) is 14.5. The minimum atomic E-state index is -0.400. The molecule has 1 fully saturated rings. The van der Waals surface area contributed by atoms with Gasteiger partial charge in [0.2, 0.25) is 5.91 Å². The second-order valence-corrected chi connectivity index (χ2v) is 8.76. The van der Waals surface area contributed by atoms with E-state index >= 15 is 0 Å². The number of hydrogen-bond donors (Lipinski definition) is 0. The maximum absolute atomic E-state index is 13.5. The Labute approximate surface area is 187 Å². The van der Waals surface area contributed by atoms with Crippen molar-refractivity contribution in [2.45, 2.75) is 45.6 Å². The summed E-state index contributed by atoms with van der Waals surface area (Å²) in [4.78, 5) is 26.9. The van der Waals surface area contributed by atoms with Crippen molar-refractivity contribution >= 4 is 39.6 Å². The Hall–Kier alpha value is -2.40. The molecule has 0 aliphatic heterocycles. The molecule has 0 spiro atoms. The Balaban J connectivity index is 1.94. The molecular weight excluding hydrogens is 442 g/mol. The van der Waals surface area contributed by atoms with Crippen LogP contribution in [-0.2, 0) is 20.9 Å². The zero-order valence-electron chi connectivity index (χ0n) is 17.6. The second kappa shape index (κ2) is 10.6. The zero-order valence-corrected chi connectivity index (χ0v) is 19.2. The summed E-state index contributed by atoms with van der Waals surface area (Å²) in [7, 11) is 1.36. The number of carbonyl (C=O) groups is 2. The molecule has 1 aliphatic carbocycles. The standard InChI is InChI=1S/C25H28BrNO3/c1-18-14-20(10-13-24(28)30-2)16-23(15-18)27(17-19-8-11-22(26)12-9-19)25(29)21-6-4-3-5-7-21/h8-16,21H,3-7,17H2,1-2H3/b13-10+. The number of hydrogen-bond acceptors (Lipinski definition) is 3. The molecule has 2 aromatic rings. The largest absolute Gasteiger partial charge is 0.466 e. The topological polar surface area (TPSA) is 46.6 Å². The summed E-state index contributed by atoms with van der Waals surface area (Å²) < 4.78 is 5.71. The van der Waals surface area contributed by atoms with E-state index < -0.39 is 5.97 Å². The lowest BCUT2D eigenvalue weighted by Gasteiger charge is -2.30. The molecule has 2 aromatic carbocycles. The highest BCUT2D eigenvalue weighted by Gasteiger charge is 2.27. The molecule has 0 N–H and O–H groups in total. The molecule has 0 heterocycles. The van der Waals surface area contributed by atoms with Crippen LogP contribution in [0.2, 0.25) is 0 Å². The first-order valence-electron chi connectivity index (χ1n) is 10.4. The van der Waals surface area contributed by atoms with Gasteiger partial charge in [0.15, 0.2) is 0 Å². The monoisotopic (exact) mass is 469 g/mol. The summed E-state index contributed by atoms with van der Waals surface area (Å²) in [6, 6.07) is 14.1. The van der Waals surface area contributed by atoms with Crippen molar-refractivity contribution in [2.24, 2.45) is 5.92 Å². The highest BCUT2D eigenvalue weighted by atomic mass is 79.9. The number of halogens is 1. The summed E-state index contributed by atoms with van der Waals surface area (Å²) in [5.74, 6) is -0.141. The predicted octanol–water partition coefficient (Wildman–Crippen LogP) is 6.06. The van der Waals surface area contributed by atoms with Gasteiger partial charge in [0, 0.05) is 22.2 Å². The van der Waals surface area contributed by atoms with Gasteiger partial charge >= 0.3 is 5.97 Å². The number of esters is 1. The van der Waals surface area contributed by atoms with Gasteiger partial charge in [-0.15, -0.1) is 0 Å². The fourth-order valence-electron chi connectivity index (χ4n) is 3.92. The molecule has 0 radical (unpaired) electrons.